The van der Waals surface area contributed by atoms with Crippen LogP contribution in [0.5, 0.6) is 0 Å². The molecule has 1 aliphatic heterocycles. The Hall–Kier alpha value is -0.220. The fourth-order valence-corrected chi connectivity index (χ4v) is 3.55. The number of nitrogens with zero attached hydrogens (tertiary/aromatic N) is 2. The van der Waals surface area contributed by atoms with Crippen LogP contribution in [0, 0.1) is 5.41 Å². The minimum atomic E-state index is 0.325. The smallest absolute Gasteiger partial charge is 0.156 e. The van der Waals surface area contributed by atoms with Crippen molar-refractivity contribution in [3.05, 3.63) is 0 Å². The molecule has 3 nitrogen and oxygen atoms in total. The number of hydrogen-bond acceptors (Lipinski definition) is 3. The van der Waals surface area contributed by atoms with E-state index in [2.05, 4.69) is 37.9 Å². The largest absolute Gasteiger partial charge is 0.362 e. The molecule has 1 unspecified atom stereocenters. The molecular formula is C15H29N3S. The average Bonchev–Trinajstić information content (AvgIpc) is 3.18. The van der Waals surface area contributed by atoms with Crippen LogP contribution in [0.4, 0.5) is 0 Å². The van der Waals surface area contributed by atoms with E-state index in [4.69, 9.17) is 4.99 Å². The summed E-state index contributed by atoms with van der Waals surface area (Å²) in [6, 6.07) is 1.43. The first-order valence-corrected chi connectivity index (χ1v) is 8.67. The number of aliphatic imine (C=N–C) groups is 1. The van der Waals surface area contributed by atoms with Gasteiger partial charge in [-0.3, -0.25) is 9.89 Å². The summed E-state index contributed by atoms with van der Waals surface area (Å²) in [4.78, 5) is 7.34. The summed E-state index contributed by atoms with van der Waals surface area (Å²) in [7, 11) is 0. The van der Waals surface area contributed by atoms with Gasteiger partial charge >= 0.3 is 0 Å². The molecular weight excluding hydrogens is 254 g/mol. The van der Waals surface area contributed by atoms with Gasteiger partial charge in [0.25, 0.3) is 0 Å². The third kappa shape index (κ3) is 4.67. The molecule has 2 fully saturated rings. The first-order chi connectivity index (χ1) is 9.00. The Balaban J connectivity index is 1.78. The lowest BCUT2D eigenvalue weighted by atomic mass is 9.85. The monoisotopic (exact) mass is 283 g/mol. The quantitative estimate of drug-likeness (QED) is 0.840. The highest BCUT2D eigenvalue weighted by Crippen LogP contribution is 2.28. The van der Waals surface area contributed by atoms with Crippen molar-refractivity contribution in [3.63, 3.8) is 0 Å². The summed E-state index contributed by atoms with van der Waals surface area (Å²) in [6.45, 7) is 12.4. The zero-order chi connectivity index (χ0) is 13.9. The molecule has 1 N–H and O–H groups in total. The predicted molar refractivity (Wildman–Crippen MR) is 86.0 cm³/mol. The van der Waals surface area contributed by atoms with Crippen molar-refractivity contribution in [1.29, 1.82) is 0 Å². The molecule has 0 aromatic rings. The highest BCUT2D eigenvalue weighted by atomic mass is 32.2. The molecule has 1 saturated carbocycles. The zero-order valence-corrected chi connectivity index (χ0v) is 13.7. The Kier molecular flexibility index (Phi) is 5.18. The molecule has 0 bridgehead atoms. The highest BCUT2D eigenvalue weighted by Gasteiger charge is 2.29. The molecule has 1 aliphatic carbocycles. The standard InChI is InChI=1S/C15H29N3S/c1-5-18(12-6-7-12)10-9-16-14-17-13(8-11-19-14)15(2,3)4/h12-13H,5-11H2,1-4H3,(H,16,17). The van der Waals surface area contributed by atoms with E-state index in [-0.39, 0.29) is 0 Å². The third-order valence-electron chi connectivity index (χ3n) is 4.10. The Morgan fingerprint density at radius 2 is 2.05 bits per heavy atom. The van der Waals surface area contributed by atoms with Gasteiger partial charge in [-0.1, -0.05) is 39.5 Å². The van der Waals surface area contributed by atoms with Crippen LogP contribution in [-0.4, -0.2) is 47.5 Å². The van der Waals surface area contributed by atoms with E-state index in [0.29, 0.717) is 11.5 Å². The fraction of sp³-hybridized carbons (Fsp3) is 0.933. The molecule has 0 amide bonds. The number of hydrogen-bond donors (Lipinski definition) is 1. The van der Waals surface area contributed by atoms with Gasteiger partial charge in [0.2, 0.25) is 0 Å². The van der Waals surface area contributed by atoms with Gasteiger partial charge in [-0.05, 0) is 31.2 Å². The van der Waals surface area contributed by atoms with Crippen molar-refractivity contribution in [2.75, 3.05) is 25.4 Å². The van der Waals surface area contributed by atoms with Gasteiger partial charge in [-0.15, -0.1) is 0 Å². The first-order valence-electron chi connectivity index (χ1n) is 7.68. The second-order valence-corrected chi connectivity index (χ2v) is 7.83. The Morgan fingerprint density at radius 3 is 2.63 bits per heavy atom. The number of thioether (sulfide) groups is 1. The van der Waals surface area contributed by atoms with Crippen molar-refractivity contribution in [2.24, 2.45) is 10.4 Å². The minimum Gasteiger partial charge on any atom is -0.362 e. The summed E-state index contributed by atoms with van der Waals surface area (Å²) in [5.41, 5.74) is 0.325. The third-order valence-corrected chi connectivity index (χ3v) is 5.06. The zero-order valence-electron chi connectivity index (χ0n) is 12.9. The van der Waals surface area contributed by atoms with Crippen LogP contribution in [0.1, 0.15) is 47.0 Å². The lowest BCUT2D eigenvalue weighted by Crippen LogP contribution is -2.46. The molecule has 19 heavy (non-hydrogen) atoms. The molecule has 2 aliphatic rings. The van der Waals surface area contributed by atoms with Gasteiger partial charge in [0, 0.05) is 24.4 Å². The van der Waals surface area contributed by atoms with E-state index in [1.165, 1.54) is 31.6 Å². The molecule has 0 aromatic carbocycles. The van der Waals surface area contributed by atoms with E-state index in [0.717, 1.165) is 24.3 Å². The first kappa shape index (κ1) is 15.2. The van der Waals surface area contributed by atoms with E-state index >= 15 is 0 Å². The van der Waals surface area contributed by atoms with Crippen molar-refractivity contribution in [1.82, 2.24) is 10.2 Å². The molecule has 1 atom stereocenters. The summed E-state index contributed by atoms with van der Waals surface area (Å²) >= 11 is 1.89. The van der Waals surface area contributed by atoms with Crippen LogP contribution >= 0.6 is 11.8 Å². The van der Waals surface area contributed by atoms with Crippen LogP contribution in [0.25, 0.3) is 0 Å². The van der Waals surface area contributed by atoms with Crippen molar-refractivity contribution in [2.45, 2.75) is 59.0 Å². The molecule has 0 radical (unpaired) electrons. The van der Waals surface area contributed by atoms with Crippen LogP contribution in [-0.2, 0) is 0 Å². The van der Waals surface area contributed by atoms with Gasteiger partial charge in [0.1, 0.15) is 0 Å². The van der Waals surface area contributed by atoms with Gasteiger partial charge in [0.15, 0.2) is 5.17 Å². The topological polar surface area (TPSA) is 27.6 Å². The SMILES string of the molecule is CCN(CCN=C1NC(C(C)(C)C)CCS1)C1CC1. The molecule has 110 valence electrons. The highest BCUT2D eigenvalue weighted by molar-refractivity contribution is 8.13. The molecule has 2 rings (SSSR count). The van der Waals surface area contributed by atoms with Gasteiger partial charge < -0.3 is 5.32 Å². The van der Waals surface area contributed by atoms with Crippen molar-refractivity contribution < 1.29 is 0 Å². The second kappa shape index (κ2) is 6.49. The average molecular weight is 283 g/mol. The lowest BCUT2D eigenvalue weighted by Gasteiger charge is -2.35. The predicted octanol–water partition coefficient (Wildman–Crippen LogP) is 2.97. The summed E-state index contributed by atoms with van der Waals surface area (Å²) in [5, 5.41) is 4.79. The van der Waals surface area contributed by atoms with Crippen molar-refractivity contribution in [3.8, 4) is 0 Å². The van der Waals surface area contributed by atoms with Crippen LogP contribution in [0.15, 0.2) is 4.99 Å². The molecule has 0 spiro atoms. The maximum Gasteiger partial charge on any atom is 0.156 e. The summed E-state index contributed by atoms with van der Waals surface area (Å²) in [5.74, 6) is 1.20. The van der Waals surface area contributed by atoms with Crippen LogP contribution in [0.2, 0.25) is 0 Å². The molecule has 1 heterocycles. The van der Waals surface area contributed by atoms with Gasteiger partial charge in [0.05, 0.1) is 6.54 Å². The normalized spacial score (nSPS) is 26.8. The minimum absolute atomic E-state index is 0.325. The number of likely N-dealkylation sites (N-methyl/N-ethyl adjacent to an activating group) is 1. The van der Waals surface area contributed by atoms with E-state index in [1.807, 2.05) is 11.8 Å². The van der Waals surface area contributed by atoms with Crippen LogP contribution in [0.3, 0.4) is 0 Å². The molecule has 1 saturated heterocycles. The molecule has 0 aromatic heterocycles. The van der Waals surface area contributed by atoms with E-state index < -0.39 is 0 Å². The van der Waals surface area contributed by atoms with Gasteiger partial charge in [-0.25, -0.2) is 0 Å². The Morgan fingerprint density at radius 1 is 1.32 bits per heavy atom. The molecule has 4 heteroatoms. The number of rotatable bonds is 5. The number of amidine groups is 1. The lowest BCUT2D eigenvalue weighted by molar-refractivity contribution is 0.283. The maximum atomic E-state index is 4.77. The Labute approximate surface area is 122 Å². The van der Waals surface area contributed by atoms with Crippen molar-refractivity contribution >= 4 is 16.9 Å². The summed E-state index contributed by atoms with van der Waals surface area (Å²) < 4.78 is 0. The second-order valence-electron chi connectivity index (χ2n) is 6.75. The van der Waals surface area contributed by atoms with Gasteiger partial charge in [-0.2, -0.15) is 0 Å². The fourth-order valence-electron chi connectivity index (χ4n) is 2.60. The Bertz CT molecular complexity index is 318. The number of nitrogens with one attached hydrogen (secondary N) is 1. The van der Waals surface area contributed by atoms with Crippen LogP contribution < -0.4 is 5.32 Å². The van der Waals surface area contributed by atoms with E-state index in [9.17, 15) is 0 Å². The van der Waals surface area contributed by atoms with E-state index in [1.54, 1.807) is 0 Å². The summed E-state index contributed by atoms with van der Waals surface area (Å²) in [6.07, 6.45) is 4.03. The maximum absolute atomic E-state index is 4.77.